The summed E-state index contributed by atoms with van der Waals surface area (Å²) in [6.07, 6.45) is 2.93. The van der Waals surface area contributed by atoms with Crippen LogP contribution in [0.3, 0.4) is 0 Å². The van der Waals surface area contributed by atoms with Gasteiger partial charge in [-0.1, -0.05) is 30.4 Å². The lowest BCUT2D eigenvalue weighted by Crippen LogP contribution is -2.38. The molecule has 5 rings (SSSR count). The monoisotopic (exact) mass is 351 g/mol. The summed E-state index contributed by atoms with van der Waals surface area (Å²) >= 11 is 0. The van der Waals surface area contributed by atoms with Gasteiger partial charge in [-0.25, -0.2) is 9.58 Å². The highest BCUT2D eigenvalue weighted by Gasteiger charge is 2.61. The van der Waals surface area contributed by atoms with E-state index in [0.29, 0.717) is 11.4 Å². The zero-order chi connectivity index (χ0) is 18.2. The lowest BCUT2D eigenvalue weighted by atomic mass is 9.85. The molecule has 0 N–H and O–H groups in total. The number of aromatic nitrogens is 2. The van der Waals surface area contributed by atoms with E-state index in [1.54, 1.807) is 18.7 Å². The van der Waals surface area contributed by atoms with Crippen LogP contribution in [0, 0.1) is 18.8 Å². The van der Waals surface area contributed by atoms with Crippen LogP contribution in [0.25, 0.3) is 5.69 Å². The Kier molecular flexibility index (Phi) is 2.98. The molecule has 0 radical (unpaired) electrons. The largest absolute Gasteiger partial charge is 0.365 e. The van der Waals surface area contributed by atoms with Crippen molar-refractivity contribution in [1.82, 2.24) is 9.36 Å². The van der Waals surface area contributed by atoms with E-state index in [1.165, 1.54) is 4.68 Å². The van der Waals surface area contributed by atoms with Crippen LogP contribution in [0.2, 0.25) is 0 Å². The second kappa shape index (κ2) is 5.04. The van der Waals surface area contributed by atoms with Gasteiger partial charge in [0.1, 0.15) is 5.69 Å². The molecule has 4 atom stereocenters. The number of para-hydroxylation sites is 1. The number of fused-ring (bicyclic) bond motifs is 5. The lowest BCUT2D eigenvalue weighted by Gasteiger charge is -2.16. The summed E-state index contributed by atoms with van der Waals surface area (Å²) in [5, 5.41) is 0. The van der Waals surface area contributed by atoms with Crippen LogP contribution in [0.4, 0.5) is 5.69 Å². The quantitative estimate of drug-likeness (QED) is 0.596. The highest BCUT2D eigenvalue weighted by molar-refractivity contribution is 6.23. The van der Waals surface area contributed by atoms with Crippen LogP contribution in [0.5, 0.6) is 0 Å². The molecule has 132 valence electrons. The Labute approximate surface area is 149 Å². The maximum Gasteiger partial charge on any atom is 0.296 e. The van der Waals surface area contributed by atoms with Gasteiger partial charge < -0.3 is 4.74 Å². The van der Waals surface area contributed by atoms with Crippen molar-refractivity contribution in [3.8, 4) is 5.69 Å². The summed E-state index contributed by atoms with van der Waals surface area (Å²) < 4.78 is 8.80. The third-order valence-corrected chi connectivity index (χ3v) is 5.66. The van der Waals surface area contributed by atoms with Crippen LogP contribution in [0.1, 0.15) is 5.69 Å². The number of hydrogen-bond acceptors (Lipinski definition) is 4. The summed E-state index contributed by atoms with van der Waals surface area (Å²) in [6, 6.07) is 9.15. The number of hydrogen-bond donors (Lipinski definition) is 0. The first kappa shape index (κ1) is 15.3. The highest BCUT2D eigenvalue weighted by Crippen LogP contribution is 2.46. The minimum Gasteiger partial charge on any atom is -0.365 e. The van der Waals surface area contributed by atoms with Gasteiger partial charge in [-0.15, -0.1) is 0 Å². The van der Waals surface area contributed by atoms with Crippen molar-refractivity contribution in [2.45, 2.75) is 19.1 Å². The molecule has 26 heavy (non-hydrogen) atoms. The molecule has 3 aliphatic rings. The predicted octanol–water partition coefficient (Wildman–Crippen LogP) is 0.927. The molecule has 7 heteroatoms. The van der Waals surface area contributed by atoms with Gasteiger partial charge in [-0.2, -0.15) is 0 Å². The Bertz CT molecular complexity index is 1000. The third kappa shape index (κ3) is 1.73. The normalized spacial score (nSPS) is 29.1. The molecule has 4 unspecified atom stereocenters. The van der Waals surface area contributed by atoms with Gasteiger partial charge in [0.05, 0.1) is 35.4 Å². The van der Waals surface area contributed by atoms with Gasteiger partial charge in [0.25, 0.3) is 5.56 Å². The number of nitrogens with zero attached hydrogens (tertiary/aromatic N) is 3. The summed E-state index contributed by atoms with van der Waals surface area (Å²) in [7, 11) is 1.74. The molecule has 1 aromatic carbocycles. The summed E-state index contributed by atoms with van der Waals surface area (Å²) in [6.45, 7) is 1.74. The van der Waals surface area contributed by atoms with Crippen molar-refractivity contribution in [2.24, 2.45) is 18.9 Å². The minimum absolute atomic E-state index is 0.139. The van der Waals surface area contributed by atoms with E-state index >= 15 is 0 Å². The Morgan fingerprint density at radius 2 is 1.50 bits per heavy atom. The van der Waals surface area contributed by atoms with Gasteiger partial charge in [0, 0.05) is 7.05 Å². The number of carbonyl (C=O) groups excluding carboxylic acids is 2. The molecule has 2 fully saturated rings. The topological polar surface area (TPSA) is 73.5 Å². The van der Waals surface area contributed by atoms with Gasteiger partial charge in [0.2, 0.25) is 11.8 Å². The number of anilines is 1. The number of carbonyl (C=O) groups is 2. The standard InChI is InChI=1S/C19H17N3O4/c1-10-16(19(25)22(20(10)2)11-6-4-3-5-7-11)21-17(23)14-12-8-9-13(26-12)15(14)18(21)24/h3-9,12-15H,1-2H3. The molecule has 2 bridgehead atoms. The smallest absolute Gasteiger partial charge is 0.296 e. The Hall–Kier alpha value is -2.93. The maximum atomic E-state index is 13.1. The Morgan fingerprint density at radius 3 is 2.08 bits per heavy atom. The Morgan fingerprint density at radius 1 is 0.923 bits per heavy atom. The molecule has 3 aliphatic heterocycles. The fourth-order valence-electron chi connectivity index (χ4n) is 4.34. The molecule has 0 spiro atoms. The van der Waals surface area contributed by atoms with E-state index in [2.05, 4.69) is 0 Å². The molecule has 4 heterocycles. The molecule has 1 aromatic heterocycles. The van der Waals surface area contributed by atoms with E-state index in [9.17, 15) is 14.4 Å². The SMILES string of the molecule is Cc1c(N2C(=O)C3C4C=CC(O4)C3C2=O)c(=O)n(-c2ccccc2)n1C. The molecule has 7 nitrogen and oxygen atoms in total. The van der Waals surface area contributed by atoms with Gasteiger partial charge in [-0.3, -0.25) is 19.1 Å². The van der Waals surface area contributed by atoms with Gasteiger partial charge >= 0.3 is 0 Å². The maximum absolute atomic E-state index is 13.1. The highest BCUT2D eigenvalue weighted by atomic mass is 16.5. The fraction of sp³-hybridized carbons (Fsp3) is 0.316. The number of imide groups is 1. The molecular formula is C19H17N3O4. The van der Waals surface area contributed by atoms with Crippen LogP contribution in [0.15, 0.2) is 47.3 Å². The van der Waals surface area contributed by atoms with E-state index in [-0.39, 0.29) is 35.3 Å². The Balaban J connectivity index is 1.66. The van der Waals surface area contributed by atoms with Crippen LogP contribution >= 0.6 is 0 Å². The average Bonchev–Trinajstić information content (AvgIpc) is 3.36. The first-order valence-electron chi connectivity index (χ1n) is 8.56. The molecule has 2 aromatic rings. The van der Waals surface area contributed by atoms with Crippen molar-refractivity contribution in [3.63, 3.8) is 0 Å². The molecule has 0 saturated carbocycles. The van der Waals surface area contributed by atoms with Gasteiger partial charge in [0.15, 0.2) is 0 Å². The second-order valence-corrected chi connectivity index (χ2v) is 6.92. The molecular weight excluding hydrogens is 334 g/mol. The zero-order valence-electron chi connectivity index (χ0n) is 14.3. The first-order valence-corrected chi connectivity index (χ1v) is 8.56. The molecule has 2 saturated heterocycles. The summed E-state index contributed by atoms with van der Waals surface area (Å²) in [5.41, 5.74) is 1.01. The number of rotatable bonds is 2. The van der Waals surface area contributed by atoms with Crippen LogP contribution < -0.4 is 10.5 Å². The summed E-state index contributed by atoms with van der Waals surface area (Å²) in [5.74, 6) is -1.74. The fourth-order valence-corrected chi connectivity index (χ4v) is 4.34. The molecule has 2 amide bonds. The van der Waals surface area contributed by atoms with Crippen molar-refractivity contribution in [2.75, 3.05) is 4.90 Å². The molecule has 0 aliphatic carbocycles. The average molecular weight is 351 g/mol. The lowest BCUT2D eigenvalue weighted by molar-refractivity contribution is -0.124. The van der Waals surface area contributed by atoms with E-state index in [0.717, 1.165) is 4.90 Å². The van der Waals surface area contributed by atoms with Crippen LogP contribution in [-0.2, 0) is 21.4 Å². The number of amides is 2. The zero-order valence-corrected chi connectivity index (χ0v) is 14.3. The first-order chi connectivity index (χ1) is 12.5. The van der Waals surface area contributed by atoms with Gasteiger partial charge in [-0.05, 0) is 19.1 Å². The van der Waals surface area contributed by atoms with E-state index in [1.807, 2.05) is 42.5 Å². The number of ether oxygens (including phenoxy) is 1. The van der Waals surface area contributed by atoms with E-state index in [4.69, 9.17) is 4.74 Å². The third-order valence-electron chi connectivity index (χ3n) is 5.66. The van der Waals surface area contributed by atoms with Crippen molar-refractivity contribution in [3.05, 3.63) is 58.5 Å². The van der Waals surface area contributed by atoms with Crippen molar-refractivity contribution in [1.29, 1.82) is 0 Å². The predicted molar refractivity (Wildman–Crippen MR) is 93.0 cm³/mol. The van der Waals surface area contributed by atoms with Crippen molar-refractivity contribution >= 4 is 17.5 Å². The number of benzene rings is 1. The van der Waals surface area contributed by atoms with Crippen molar-refractivity contribution < 1.29 is 14.3 Å². The van der Waals surface area contributed by atoms with E-state index < -0.39 is 11.8 Å². The van der Waals surface area contributed by atoms with Crippen LogP contribution in [-0.4, -0.2) is 33.4 Å². The second-order valence-electron chi connectivity index (χ2n) is 6.92. The summed E-state index contributed by atoms with van der Waals surface area (Å²) in [4.78, 5) is 40.2. The minimum atomic E-state index is -0.526.